The Kier molecular flexibility index (Phi) is 3.51. The summed E-state index contributed by atoms with van der Waals surface area (Å²) >= 11 is 9.00. The minimum Gasteiger partial charge on any atom is -0.293 e. The molecule has 70 valence electrons. The second-order valence-electron chi connectivity index (χ2n) is 2.95. The Hall–Kier alpha value is -0.340. The lowest BCUT2D eigenvalue weighted by molar-refractivity contribution is 0.102. The standard InChI is InChI=1S/C10H10BrClO/c1-6-3-8(12)4-9(7(6)2)10(13)5-11/h3-4H,5H2,1-2H3. The van der Waals surface area contributed by atoms with Gasteiger partial charge in [-0.15, -0.1) is 0 Å². The van der Waals surface area contributed by atoms with Gasteiger partial charge in [0, 0.05) is 10.6 Å². The third-order valence-electron chi connectivity index (χ3n) is 2.05. The zero-order valence-electron chi connectivity index (χ0n) is 7.53. The summed E-state index contributed by atoms with van der Waals surface area (Å²) in [5.41, 5.74) is 2.77. The summed E-state index contributed by atoms with van der Waals surface area (Å²) in [7, 11) is 0. The molecule has 0 bridgehead atoms. The lowest BCUT2D eigenvalue weighted by atomic mass is 10.0. The smallest absolute Gasteiger partial charge is 0.173 e. The van der Waals surface area contributed by atoms with Crippen molar-refractivity contribution in [2.75, 3.05) is 5.33 Å². The van der Waals surface area contributed by atoms with Gasteiger partial charge in [0.15, 0.2) is 5.78 Å². The topological polar surface area (TPSA) is 17.1 Å². The third-order valence-corrected chi connectivity index (χ3v) is 2.78. The molecule has 0 aromatic heterocycles. The second kappa shape index (κ2) is 4.25. The van der Waals surface area contributed by atoms with Gasteiger partial charge in [0.2, 0.25) is 0 Å². The highest BCUT2D eigenvalue weighted by Crippen LogP contribution is 2.20. The molecule has 0 aliphatic heterocycles. The molecule has 0 amide bonds. The van der Waals surface area contributed by atoms with Gasteiger partial charge in [-0.3, -0.25) is 4.79 Å². The fourth-order valence-electron chi connectivity index (χ4n) is 1.18. The zero-order valence-corrected chi connectivity index (χ0v) is 9.87. The van der Waals surface area contributed by atoms with Crippen LogP contribution in [0.2, 0.25) is 5.02 Å². The molecule has 3 heteroatoms. The van der Waals surface area contributed by atoms with E-state index in [9.17, 15) is 4.79 Å². The molecular formula is C10H10BrClO. The molecule has 0 heterocycles. The van der Waals surface area contributed by atoms with Crippen molar-refractivity contribution in [3.63, 3.8) is 0 Å². The predicted octanol–water partition coefficient (Wildman–Crippen LogP) is 3.53. The van der Waals surface area contributed by atoms with Crippen LogP contribution in [0.25, 0.3) is 0 Å². The van der Waals surface area contributed by atoms with Gasteiger partial charge in [-0.2, -0.15) is 0 Å². The minimum atomic E-state index is 0.0723. The van der Waals surface area contributed by atoms with E-state index in [1.54, 1.807) is 6.07 Å². The molecule has 1 aromatic carbocycles. The third kappa shape index (κ3) is 2.32. The predicted molar refractivity (Wildman–Crippen MR) is 59.1 cm³/mol. The van der Waals surface area contributed by atoms with Crippen molar-refractivity contribution in [3.05, 3.63) is 33.8 Å². The van der Waals surface area contributed by atoms with Crippen LogP contribution in [0.1, 0.15) is 21.5 Å². The first kappa shape index (κ1) is 10.7. The molecule has 13 heavy (non-hydrogen) atoms. The molecule has 0 aliphatic carbocycles. The molecule has 0 N–H and O–H groups in total. The van der Waals surface area contributed by atoms with E-state index in [0.717, 1.165) is 11.1 Å². The Labute approximate surface area is 91.2 Å². The van der Waals surface area contributed by atoms with Crippen LogP contribution >= 0.6 is 27.5 Å². The van der Waals surface area contributed by atoms with E-state index in [4.69, 9.17) is 11.6 Å². The molecule has 0 saturated heterocycles. The number of alkyl halides is 1. The van der Waals surface area contributed by atoms with Crippen LogP contribution in [-0.4, -0.2) is 11.1 Å². The van der Waals surface area contributed by atoms with Crippen LogP contribution in [0.3, 0.4) is 0 Å². The van der Waals surface area contributed by atoms with Gasteiger partial charge < -0.3 is 0 Å². The molecule has 0 spiro atoms. The first-order chi connectivity index (χ1) is 6.06. The first-order valence-corrected chi connectivity index (χ1v) is 5.42. The highest BCUT2D eigenvalue weighted by Gasteiger charge is 2.09. The van der Waals surface area contributed by atoms with Crippen molar-refractivity contribution >= 4 is 33.3 Å². The van der Waals surface area contributed by atoms with Crippen LogP contribution in [0.4, 0.5) is 0 Å². The van der Waals surface area contributed by atoms with E-state index in [-0.39, 0.29) is 5.78 Å². The Balaban J connectivity index is 3.28. The molecule has 0 fully saturated rings. The van der Waals surface area contributed by atoms with Gasteiger partial charge in [0.05, 0.1) is 5.33 Å². The molecule has 0 saturated carbocycles. The molecule has 0 unspecified atom stereocenters. The quantitative estimate of drug-likeness (QED) is 0.588. The van der Waals surface area contributed by atoms with Crippen molar-refractivity contribution in [2.24, 2.45) is 0 Å². The number of carbonyl (C=O) groups excluding carboxylic acids is 1. The van der Waals surface area contributed by atoms with Crippen molar-refractivity contribution in [1.82, 2.24) is 0 Å². The number of halogens is 2. The lowest BCUT2D eigenvalue weighted by Crippen LogP contribution is -2.03. The van der Waals surface area contributed by atoms with Crippen LogP contribution < -0.4 is 0 Å². The number of rotatable bonds is 2. The Morgan fingerprint density at radius 2 is 2.08 bits per heavy atom. The molecular weight excluding hydrogens is 251 g/mol. The average molecular weight is 262 g/mol. The molecule has 0 aliphatic rings. The lowest BCUT2D eigenvalue weighted by Gasteiger charge is -2.06. The van der Waals surface area contributed by atoms with Crippen LogP contribution in [-0.2, 0) is 0 Å². The van der Waals surface area contributed by atoms with Gasteiger partial charge in [-0.1, -0.05) is 27.5 Å². The number of Topliss-reactive ketones (excluding diaryl/α,β-unsaturated/α-hetero) is 1. The maximum Gasteiger partial charge on any atom is 0.173 e. The Morgan fingerprint density at radius 1 is 1.46 bits per heavy atom. The zero-order chi connectivity index (χ0) is 10.0. The Morgan fingerprint density at radius 3 is 2.62 bits per heavy atom. The monoisotopic (exact) mass is 260 g/mol. The van der Waals surface area contributed by atoms with Crippen molar-refractivity contribution in [1.29, 1.82) is 0 Å². The summed E-state index contributed by atoms with van der Waals surface area (Å²) in [5.74, 6) is 0.0723. The van der Waals surface area contributed by atoms with E-state index < -0.39 is 0 Å². The van der Waals surface area contributed by atoms with E-state index in [2.05, 4.69) is 15.9 Å². The maximum atomic E-state index is 11.4. The fraction of sp³-hybridized carbons (Fsp3) is 0.300. The van der Waals surface area contributed by atoms with Gasteiger partial charge >= 0.3 is 0 Å². The van der Waals surface area contributed by atoms with Crippen molar-refractivity contribution in [3.8, 4) is 0 Å². The summed E-state index contributed by atoms with van der Waals surface area (Å²) in [4.78, 5) is 11.4. The van der Waals surface area contributed by atoms with Crippen LogP contribution in [0.5, 0.6) is 0 Å². The van der Waals surface area contributed by atoms with Gasteiger partial charge in [-0.05, 0) is 37.1 Å². The second-order valence-corrected chi connectivity index (χ2v) is 3.95. The normalized spacial score (nSPS) is 10.2. The molecule has 0 atom stereocenters. The summed E-state index contributed by atoms with van der Waals surface area (Å²) in [6.45, 7) is 3.88. The van der Waals surface area contributed by atoms with Gasteiger partial charge in [0.25, 0.3) is 0 Å². The van der Waals surface area contributed by atoms with Crippen molar-refractivity contribution < 1.29 is 4.79 Å². The fourth-order valence-corrected chi connectivity index (χ4v) is 1.75. The SMILES string of the molecule is Cc1cc(Cl)cc(C(=O)CBr)c1C. The summed E-state index contributed by atoms with van der Waals surface area (Å²) in [5, 5.41) is 0.959. The van der Waals surface area contributed by atoms with Crippen molar-refractivity contribution in [2.45, 2.75) is 13.8 Å². The van der Waals surface area contributed by atoms with E-state index in [1.165, 1.54) is 0 Å². The highest BCUT2D eigenvalue weighted by atomic mass is 79.9. The van der Waals surface area contributed by atoms with Gasteiger partial charge in [0.1, 0.15) is 0 Å². The summed E-state index contributed by atoms with van der Waals surface area (Å²) in [6.07, 6.45) is 0. The summed E-state index contributed by atoms with van der Waals surface area (Å²) < 4.78 is 0. The average Bonchev–Trinajstić information content (AvgIpc) is 2.10. The number of aryl methyl sites for hydroxylation is 1. The molecule has 1 rings (SSSR count). The number of hydrogen-bond donors (Lipinski definition) is 0. The number of carbonyl (C=O) groups is 1. The highest BCUT2D eigenvalue weighted by molar-refractivity contribution is 9.09. The largest absolute Gasteiger partial charge is 0.293 e. The maximum absolute atomic E-state index is 11.4. The minimum absolute atomic E-state index is 0.0723. The molecule has 0 radical (unpaired) electrons. The number of hydrogen-bond acceptors (Lipinski definition) is 1. The molecule has 1 nitrogen and oxygen atoms in total. The van der Waals surface area contributed by atoms with E-state index in [0.29, 0.717) is 15.9 Å². The Bertz CT molecular complexity index is 347. The number of ketones is 1. The molecule has 1 aromatic rings. The number of benzene rings is 1. The van der Waals surface area contributed by atoms with Crippen LogP contribution in [0.15, 0.2) is 12.1 Å². The van der Waals surface area contributed by atoms with E-state index in [1.807, 2.05) is 19.9 Å². The first-order valence-electron chi connectivity index (χ1n) is 3.92. The van der Waals surface area contributed by atoms with Gasteiger partial charge in [-0.25, -0.2) is 0 Å². The van der Waals surface area contributed by atoms with Crippen LogP contribution in [0, 0.1) is 13.8 Å². The van der Waals surface area contributed by atoms with E-state index >= 15 is 0 Å². The summed E-state index contributed by atoms with van der Waals surface area (Å²) in [6, 6.07) is 3.58.